The van der Waals surface area contributed by atoms with Crippen molar-refractivity contribution in [2.24, 2.45) is 0 Å². The van der Waals surface area contributed by atoms with Crippen molar-refractivity contribution in [2.45, 2.75) is 19.8 Å². The van der Waals surface area contributed by atoms with Crippen LogP contribution < -0.4 is 18.6 Å². The first kappa shape index (κ1) is 15.0. The van der Waals surface area contributed by atoms with E-state index in [1.165, 1.54) is 37.0 Å². The molecule has 0 amide bonds. The molecule has 0 radical (unpaired) electrons. The van der Waals surface area contributed by atoms with Crippen LogP contribution in [0.25, 0.3) is 0 Å². The number of hydrogen-bond donors (Lipinski definition) is 0. The smallest absolute Gasteiger partial charge is 0.182 e. The van der Waals surface area contributed by atoms with Crippen LogP contribution in [-0.4, -0.2) is 38.0 Å². The van der Waals surface area contributed by atoms with Crippen LogP contribution in [0.3, 0.4) is 0 Å². The van der Waals surface area contributed by atoms with E-state index in [-0.39, 0.29) is 0 Å². The first-order valence-corrected chi connectivity index (χ1v) is 6.02. The van der Waals surface area contributed by atoms with Gasteiger partial charge in [0.15, 0.2) is 6.73 Å². The summed E-state index contributed by atoms with van der Waals surface area (Å²) in [4.78, 5) is 0. The Morgan fingerprint density at radius 3 is 1.80 bits per heavy atom. The second kappa shape index (κ2) is 6.59. The summed E-state index contributed by atoms with van der Waals surface area (Å²) in [6.07, 6.45) is 2.77. The van der Waals surface area contributed by atoms with E-state index >= 15 is 0 Å². The van der Waals surface area contributed by atoms with Crippen molar-refractivity contribution in [3.63, 3.8) is 0 Å². The van der Waals surface area contributed by atoms with Gasteiger partial charge in [0.1, 0.15) is 0 Å². The van der Waals surface area contributed by atoms with E-state index < -0.39 is 10.2 Å². The molecule has 0 unspecified atom stereocenters. The average Bonchev–Trinajstić information content (AvgIpc) is 2.51. The van der Waals surface area contributed by atoms with Gasteiger partial charge < -0.3 is 9.22 Å². The van der Waals surface area contributed by atoms with Crippen LogP contribution in [0.4, 0.5) is 0 Å². The monoisotopic (exact) mass is 243 g/mol. The second-order valence-electron chi connectivity index (χ2n) is 3.61. The summed E-state index contributed by atoms with van der Waals surface area (Å²) in [6.45, 7) is 7.04. The molecule has 0 atom stereocenters. The third-order valence-electron chi connectivity index (χ3n) is 2.59. The first-order chi connectivity index (χ1) is 6.83. The fraction of sp³-hybridized carbons (Fsp3) is 1.00. The van der Waals surface area contributed by atoms with E-state index in [0.29, 0.717) is 0 Å². The number of quaternary nitrogens is 1. The van der Waals surface area contributed by atoms with Crippen molar-refractivity contribution < 1.29 is 38.1 Å². The zero-order valence-electron chi connectivity index (χ0n) is 9.11. The van der Waals surface area contributed by atoms with Crippen molar-refractivity contribution in [1.82, 2.24) is 0 Å². The molecule has 0 saturated carbocycles. The number of hydrogen-bond acceptors (Lipinski definition) is 5. The van der Waals surface area contributed by atoms with E-state index in [1.54, 1.807) is 7.11 Å². The molecule has 7 heteroatoms. The Hall–Kier alpha value is 0.0500. The van der Waals surface area contributed by atoms with E-state index in [4.69, 9.17) is 23.4 Å². The average molecular weight is 244 g/mol. The molecule has 1 heterocycles. The molecule has 0 aliphatic carbocycles. The largest absolute Gasteiger partial charge is 0.335 e. The van der Waals surface area contributed by atoms with E-state index in [1.807, 2.05) is 0 Å². The number of halogens is 1. The van der Waals surface area contributed by atoms with E-state index in [2.05, 4.69) is 6.92 Å². The predicted molar refractivity (Wildman–Crippen MR) is 41.6 cm³/mol. The predicted octanol–water partition coefficient (Wildman–Crippen LogP) is -3.54. The minimum Gasteiger partial charge on any atom is -0.335 e. The number of rotatable bonds is 3. The molecule has 1 aliphatic rings. The molecule has 6 nitrogen and oxygen atoms in total. The van der Waals surface area contributed by atoms with Crippen LogP contribution in [0.5, 0.6) is 0 Å². The molecule has 92 valence electrons. The fourth-order valence-electron chi connectivity index (χ4n) is 1.82. The quantitative estimate of drug-likeness (QED) is 0.478. The van der Waals surface area contributed by atoms with Crippen LogP contribution >= 0.6 is 0 Å². The molecule has 0 N–H and O–H groups in total. The van der Waals surface area contributed by atoms with Crippen LogP contribution in [-0.2, 0) is 4.74 Å². The summed E-state index contributed by atoms with van der Waals surface area (Å²) in [5.74, 6) is 0. The first-order valence-electron chi connectivity index (χ1n) is 4.79. The maximum absolute atomic E-state index is 8.49. The lowest BCUT2D eigenvalue weighted by atomic mass is 10.4. The normalized spacial score (nSPS) is 19.6. The van der Waals surface area contributed by atoms with Crippen molar-refractivity contribution in [3.8, 4) is 0 Å². The maximum Gasteiger partial charge on any atom is 0.182 e. The SMILES string of the molecule is CC[N+]1(COC)CCCC1.[O-][Cl+3]([O-])([O-])[O-]. The van der Waals surface area contributed by atoms with Crippen molar-refractivity contribution in [3.05, 3.63) is 0 Å². The lowest BCUT2D eigenvalue weighted by Crippen LogP contribution is -2.68. The summed E-state index contributed by atoms with van der Waals surface area (Å²) in [6, 6.07) is 0. The third kappa shape index (κ3) is 7.92. The molecule has 1 saturated heterocycles. The zero-order valence-corrected chi connectivity index (χ0v) is 9.86. The topological polar surface area (TPSA) is 101 Å². The lowest BCUT2D eigenvalue weighted by molar-refractivity contribution is -2.00. The van der Waals surface area contributed by atoms with Gasteiger partial charge >= 0.3 is 0 Å². The number of methoxy groups -OCH3 is 1. The van der Waals surface area contributed by atoms with Crippen LogP contribution in [0.2, 0.25) is 0 Å². The van der Waals surface area contributed by atoms with Crippen LogP contribution in [0, 0.1) is 10.2 Å². The van der Waals surface area contributed by atoms with Gasteiger partial charge in [0.05, 0.1) is 19.6 Å². The Morgan fingerprint density at radius 1 is 1.13 bits per heavy atom. The highest BCUT2D eigenvalue weighted by Crippen LogP contribution is 2.18. The van der Waals surface area contributed by atoms with Gasteiger partial charge in [-0.25, -0.2) is 18.6 Å². The van der Waals surface area contributed by atoms with Crippen LogP contribution in [0.1, 0.15) is 19.8 Å². The molecular weight excluding hydrogens is 226 g/mol. The van der Waals surface area contributed by atoms with Gasteiger partial charge in [-0.2, -0.15) is 0 Å². The van der Waals surface area contributed by atoms with Crippen molar-refractivity contribution in [2.75, 3.05) is 33.5 Å². The Morgan fingerprint density at radius 2 is 1.53 bits per heavy atom. The Labute approximate surface area is 92.0 Å². The van der Waals surface area contributed by atoms with Gasteiger partial charge in [-0.1, -0.05) is 0 Å². The lowest BCUT2D eigenvalue weighted by Gasteiger charge is -2.31. The molecule has 1 fully saturated rings. The minimum atomic E-state index is -4.94. The van der Waals surface area contributed by atoms with Gasteiger partial charge in [-0.05, 0) is 6.92 Å². The minimum absolute atomic E-state index is 0.913. The Kier molecular flexibility index (Phi) is 6.62. The molecule has 0 spiro atoms. The van der Waals surface area contributed by atoms with Gasteiger partial charge in [0.25, 0.3) is 0 Å². The standard InChI is InChI=1S/C8H18NO.ClHO4/c1-3-9(8-10-2)6-4-5-7-9;2-1(3,4)5/h3-8H2,1-2H3;(H,2,3,4,5)/q+1;/p-1. The van der Waals surface area contributed by atoms with Crippen molar-refractivity contribution >= 4 is 0 Å². The van der Waals surface area contributed by atoms with Crippen LogP contribution in [0.15, 0.2) is 0 Å². The molecule has 15 heavy (non-hydrogen) atoms. The highest BCUT2D eigenvalue weighted by atomic mass is 35.7. The summed E-state index contributed by atoms with van der Waals surface area (Å²) < 4.78 is 40.4. The highest BCUT2D eigenvalue weighted by Gasteiger charge is 2.29. The molecular formula is C8H18ClNO5. The highest BCUT2D eigenvalue weighted by molar-refractivity contribution is 4.50. The van der Waals surface area contributed by atoms with Crippen molar-refractivity contribution in [1.29, 1.82) is 0 Å². The zero-order chi connectivity index (χ0) is 11.9. The summed E-state index contributed by atoms with van der Waals surface area (Å²) >= 11 is 0. The molecule has 1 rings (SSSR count). The molecule has 0 aromatic heterocycles. The molecule has 0 bridgehead atoms. The van der Waals surface area contributed by atoms with Gasteiger partial charge in [0.2, 0.25) is 0 Å². The van der Waals surface area contributed by atoms with E-state index in [9.17, 15) is 0 Å². The van der Waals surface area contributed by atoms with Gasteiger partial charge in [0, 0.05) is 20.0 Å². The summed E-state index contributed by atoms with van der Waals surface area (Å²) in [5, 5.41) is 0. The van der Waals surface area contributed by atoms with Gasteiger partial charge in [-0.15, -0.1) is 10.2 Å². The second-order valence-corrected chi connectivity index (χ2v) is 4.36. The number of nitrogens with zero attached hydrogens (tertiary/aromatic N) is 1. The number of likely N-dealkylation sites (tertiary alicyclic amines) is 1. The number of ether oxygens (including phenoxy) is 1. The summed E-state index contributed by atoms with van der Waals surface area (Å²) in [7, 11) is -3.14. The van der Waals surface area contributed by atoms with Gasteiger partial charge in [-0.3, -0.25) is 0 Å². The molecule has 0 aromatic rings. The maximum atomic E-state index is 8.49. The summed E-state index contributed by atoms with van der Waals surface area (Å²) in [5.41, 5.74) is 0. The van der Waals surface area contributed by atoms with E-state index in [0.717, 1.165) is 6.73 Å². The third-order valence-corrected chi connectivity index (χ3v) is 2.59. The molecule has 1 aliphatic heterocycles. The molecule has 0 aromatic carbocycles. The Bertz CT molecular complexity index is 161. The Balaban J connectivity index is 0.000000336. The fourth-order valence-corrected chi connectivity index (χ4v) is 1.82.